The van der Waals surface area contributed by atoms with Crippen LogP contribution in [-0.4, -0.2) is 14.7 Å². The minimum Gasteiger partial charge on any atom is -0.485 e. The number of imidazole rings is 1. The van der Waals surface area contributed by atoms with E-state index in [9.17, 15) is 5.11 Å². The van der Waals surface area contributed by atoms with Crippen LogP contribution in [0.4, 0.5) is 0 Å². The highest BCUT2D eigenvalue weighted by Crippen LogP contribution is 2.52. The van der Waals surface area contributed by atoms with Gasteiger partial charge in [0.1, 0.15) is 18.2 Å². The summed E-state index contributed by atoms with van der Waals surface area (Å²) in [5, 5.41) is 11.5. The molecular formula is C27H36N2O2. The van der Waals surface area contributed by atoms with Crippen LogP contribution in [0.3, 0.4) is 0 Å². The summed E-state index contributed by atoms with van der Waals surface area (Å²) in [5.41, 5.74) is 4.36. The summed E-state index contributed by atoms with van der Waals surface area (Å²) in [6, 6.07) is 14.3. The third kappa shape index (κ3) is 4.23. The maximum absolute atomic E-state index is 11.5. The van der Waals surface area contributed by atoms with Crippen molar-refractivity contribution in [1.29, 1.82) is 0 Å². The fourth-order valence-corrected chi connectivity index (χ4v) is 5.26. The molecule has 0 fully saturated rings. The summed E-state index contributed by atoms with van der Waals surface area (Å²) in [6.07, 6.45) is 8.52. The zero-order valence-corrected chi connectivity index (χ0v) is 19.2. The summed E-state index contributed by atoms with van der Waals surface area (Å²) in [4.78, 5) is 4.73. The van der Waals surface area contributed by atoms with Crippen LogP contribution in [0.1, 0.15) is 81.8 Å². The molecule has 4 nitrogen and oxygen atoms in total. The second kappa shape index (κ2) is 9.44. The van der Waals surface area contributed by atoms with Crippen LogP contribution in [0.2, 0.25) is 0 Å². The molecule has 1 aliphatic rings. The highest BCUT2D eigenvalue weighted by atomic mass is 16.5. The highest BCUT2D eigenvalue weighted by molar-refractivity contribution is 5.75. The Morgan fingerprint density at radius 2 is 1.81 bits per heavy atom. The zero-order valence-electron chi connectivity index (χ0n) is 19.2. The maximum Gasteiger partial charge on any atom is 0.147 e. The number of ether oxygens (including phenoxy) is 1. The van der Waals surface area contributed by atoms with Gasteiger partial charge < -0.3 is 14.4 Å². The minimum absolute atomic E-state index is 0.00897. The molecule has 4 rings (SSSR count). The number of aromatic nitrogens is 2. The molecule has 3 aromatic rings. The molecule has 1 heterocycles. The number of fused-ring (bicyclic) bond motifs is 2. The molecule has 31 heavy (non-hydrogen) atoms. The van der Waals surface area contributed by atoms with Crippen LogP contribution in [0, 0.1) is 5.41 Å². The predicted molar refractivity (Wildman–Crippen MR) is 126 cm³/mol. The Morgan fingerprint density at radius 1 is 1.06 bits per heavy atom. The van der Waals surface area contributed by atoms with Crippen molar-refractivity contribution in [1.82, 2.24) is 9.55 Å². The number of hydrogen-bond donors (Lipinski definition) is 1. The summed E-state index contributed by atoms with van der Waals surface area (Å²) in [7, 11) is 2.04. The largest absolute Gasteiger partial charge is 0.485 e. The molecule has 0 aliphatic heterocycles. The first-order chi connectivity index (χ1) is 15.1. The van der Waals surface area contributed by atoms with Gasteiger partial charge in [-0.25, -0.2) is 4.98 Å². The second-order valence-electron chi connectivity index (χ2n) is 9.16. The lowest BCUT2D eigenvalue weighted by Gasteiger charge is -2.43. The second-order valence-corrected chi connectivity index (χ2v) is 9.16. The van der Waals surface area contributed by atoms with Gasteiger partial charge in [0, 0.05) is 12.5 Å². The standard InChI is InChI=1S/C27H36N2O2/c1-4-6-16-27(17-7-5-2)18-15-20-21(26(27)30)11-10-14-24(20)31-19-25-28-22-12-8-9-13-23(22)29(25)3/h8-14,26,30H,4-7,15-19H2,1-3H3. The molecule has 166 valence electrons. The number of rotatable bonds is 9. The Bertz CT molecular complexity index is 1020. The van der Waals surface area contributed by atoms with Gasteiger partial charge in [-0.15, -0.1) is 0 Å². The fraction of sp³-hybridized carbons (Fsp3) is 0.519. The molecule has 1 aliphatic carbocycles. The van der Waals surface area contributed by atoms with Gasteiger partial charge in [-0.2, -0.15) is 0 Å². The first-order valence-electron chi connectivity index (χ1n) is 11.9. The molecular weight excluding hydrogens is 384 g/mol. The molecule has 0 amide bonds. The summed E-state index contributed by atoms with van der Waals surface area (Å²) in [6.45, 7) is 4.90. The van der Waals surface area contributed by atoms with Gasteiger partial charge in [0.25, 0.3) is 0 Å². The van der Waals surface area contributed by atoms with Crippen LogP contribution >= 0.6 is 0 Å². The van der Waals surface area contributed by atoms with E-state index in [0.717, 1.165) is 53.9 Å². The topological polar surface area (TPSA) is 47.3 Å². The van der Waals surface area contributed by atoms with E-state index in [0.29, 0.717) is 6.61 Å². The number of unbranched alkanes of at least 4 members (excludes halogenated alkanes) is 2. The van der Waals surface area contributed by atoms with Gasteiger partial charge in [-0.1, -0.05) is 63.8 Å². The lowest BCUT2D eigenvalue weighted by molar-refractivity contribution is -0.0103. The van der Waals surface area contributed by atoms with Crippen molar-refractivity contribution in [3.05, 3.63) is 59.4 Å². The molecule has 0 saturated carbocycles. The third-order valence-corrected chi connectivity index (χ3v) is 7.21. The molecule has 2 aromatic carbocycles. The molecule has 0 saturated heterocycles. The summed E-state index contributed by atoms with van der Waals surface area (Å²) < 4.78 is 8.38. The van der Waals surface area contributed by atoms with E-state index in [2.05, 4.69) is 30.5 Å². The molecule has 0 bridgehead atoms. The van der Waals surface area contributed by atoms with Gasteiger partial charge in [0.05, 0.1) is 17.1 Å². The number of hydrogen-bond acceptors (Lipinski definition) is 3. The lowest BCUT2D eigenvalue weighted by atomic mass is 9.64. The maximum atomic E-state index is 11.5. The Labute approximate surface area is 186 Å². The first-order valence-corrected chi connectivity index (χ1v) is 11.9. The van der Waals surface area contributed by atoms with Gasteiger partial charge in [-0.05, 0) is 55.0 Å². The molecule has 1 aromatic heterocycles. The molecule has 0 radical (unpaired) electrons. The normalized spacial score (nSPS) is 17.6. The Balaban J connectivity index is 1.57. The minimum atomic E-state index is -0.409. The van der Waals surface area contributed by atoms with Crippen LogP contribution in [0.15, 0.2) is 42.5 Å². The van der Waals surface area contributed by atoms with Crippen molar-refractivity contribution in [2.45, 2.75) is 77.9 Å². The predicted octanol–water partition coefficient (Wildman–Crippen LogP) is 6.50. The number of aryl methyl sites for hydroxylation is 1. The van der Waals surface area contributed by atoms with Crippen molar-refractivity contribution in [2.24, 2.45) is 12.5 Å². The van der Waals surface area contributed by atoms with Crippen LogP contribution in [-0.2, 0) is 20.1 Å². The average molecular weight is 421 g/mol. The van der Waals surface area contributed by atoms with Gasteiger partial charge in [0.15, 0.2) is 0 Å². The Kier molecular flexibility index (Phi) is 6.66. The Hall–Kier alpha value is -2.33. The smallest absolute Gasteiger partial charge is 0.147 e. The number of nitrogens with zero attached hydrogens (tertiary/aromatic N) is 2. The first kappa shape index (κ1) is 21.9. The van der Waals surface area contributed by atoms with E-state index in [1.807, 2.05) is 37.4 Å². The van der Waals surface area contributed by atoms with E-state index >= 15 is 0 Å². The van der Waals surface area contributed by atoms with Crippen molar-refractivity contribution in [3.63, 3.8) is 0 Å². The summed E-state index contributed by atoms with van der Waals surface area (Å²) in [5.74, 6) is 1.80. The number of benzene rings is 2. The third-order valence-electron chi connectivity index (χ3n) is 7.21. The Morgan fingerprint density at radius 3 is 2.52 bits per heavy atom. The summed E-state index contributed by atoms with van der Waals surface area (Å²) >= 11 is 0. The highest BCUT2D eigenvalue weighted by Gasteiger charge is 2.42. The van der Waals surface area contributed by atoms with Crippen LogP contribution in [0.25, 0.3) is 11.0 Å². The molecule has 4 heteroatoms. The van der Waals surface area contributed by atoms with E-state index in [1.165, 1.54) is 31.2 Å². The van der Waals surface area contributed by atoms with Gasteiger partial charge in [-0.3, -0.25) is 0 Å². The van der Waals surface area contributed by atoms with Crippen LogP contribution < -0.4 is 4.74 Å². The molecule has 1 N–H and O–H groups in total. The van der Waals surface area contributed by atoms with E-state index in [-0.39, 0.29) is 5.41 Å². The van der Waals surface area contributed by atoms with E-state index in [4.69, 9.17) is 9.72 Å². The SMILES string of the molecule is CCCCC1(CCCC)CCc2c(OCc3nc4ccccc4n3C)cccc2C1O. The van der Waals surface area contributed by atoms with E-state index < -0.39 is 6.10 Å². The van der Waals surface area contributed by atoms with Crippen molar-refractivity contribution < 1.29 is 9.84 Å². The van der Waals surface area contributed by atoms with Gasteiger partial charge in [0.2, 0.25) is 0 Å². The van der Waals surface area contributed by atoms with Crippen LogP contribution in [0.5, 0.6) is 5.75 Å². The number of aliphatic hydroxyl groups is 1. The van der Waals surface area contributed by atoms with Crippen molar-refractivity contribution >= 4 is 11.0 Å². The number of para-hydroxylation sites is 2. The lowest BCUT2D eigenvalue weighted by Crippen LogP contribution is -2.34. The van der Waals surface area contributed by atoms with Crippen molar-refractivity contribution in [3.8, 4) is 5.75 Å². The van der Waals surface area contributed by atoms with Crippen molar-refractivity contribution in [2.75, 3.05) is 0 Å². The zero-order chi connectivity index (χ0) is 21.8. The van der Waals surface area contributed by atoms with E-state index in [1.54, 1.807) is 0 Å². The average Bonchev–Trinajstić information content (AvgIpc) is 3.12. The molecule has 0 spiro atoms. The molecule has 1 unspecified atom stereocenters. The molecule has 1 atom stereocenters. The monoisotopic (exact) mass is 420 g/mol. The van der Waals surface area contributed by atoms with Gasteiger partial charge >= 0.3 is 0 Å². The fourth-order valence-electron chi connectivity index (χ4n) is 5.26. The quantitative estimate of drug-likeness (QED) is 0.430. The number of aliphatic hydroxyl groups excluding tert-OH is 1.